The van der Waals surface area contributed by atoms with E-state index in [1.54, 1.807) is 19.1 Å². The number of hydrogen-bond acceptors (Lipinski definition) is 3. The minimum atomic E-state index is -0.527. The molecule has 0 saturated carbocycles. The second kappa shape index (κ2) is 7.42. The lowest BCUT2D eigenvalue weighted by molar-refractivity contribution is -0.127. The first-order valence-corrected chi connectivity index (χ1v) is 6.43. The highest BCUT2D eigenvalue weighted by atomic mass is 16.5. The summed E-state index contributed by atoms with van der Waals surface area (Å²) >= 11 is 0. The van der Waals surface area contributed by atoms with E-state index >= 15 is 0 Å². The predicted octanol–water partition coefficient (Wildman–Crippen LogP) is 2.29. The molecule has 19 heavy (non-hydrogen) atoms. The maximum atomic E-state index is 11.7. The summed E-state index contributed by atoms with van der Waals surface area (Å²) in [7, 11) is 0. The number of benzene rings is 1. The van der Waals surface area contributed by atoms with E-state index in [-0.39, 0.29) is 5.91 Å². The largest absolute Gasteiger partial charge is 0.481 e. The third-order valence-electron chi connectivity index (χ3n) is 2.57. The summed E-state index contributed by atoms with van der Waals surface area (Å²) in [6.45, 7) is 6.45. The number of nitrogens with one attached hydrogen (secondary N) is 1. The van der Waals surface area contributed by atoms with E-state index in [2.05, 4.69) is 11.4 Å². The molecule has 0 aliphatic heterocycles. The van der Waals surface area contributed by atoms with Crippen molar-refractivity contribution >= 4 is 5.91 Å². The average Bonchev–Trinajstić information content (AvgIpc) is 2.38. The highest BCUT2D eigenvalue weighted by molar-refractivity contribution is 5.80. The molecule has 1 N–H and O–H groups in total. The summed E-state index contributed by atoms with van der Waals surface area (Å²) in [5.74, 6) is 0.935. The number of rotatable bonds is 6. The van der Waals surface area contributed by atoms with Crippen molar-refractivity contribution in [3.8, 4) is 11.8 Å². The van der Waals surface area contributed by atoms with Crippen molar-refractivity contribution in [2.24, 2.45) is 5.92 Å². The van der Waals surface area contributed by atoms with Crippen LogP contribution in [0, 0.1) is 17.2 Å². The lowest BCUT2D eigenvalue weighted by Crippen LogP contribution is -2.38. The normalized spacial score (nSPS) is 11.7. The molecule has 0 bridgehead atoms. The third kappa shape index (κ3) is 5.43. The molecule has 0 heterocycles. The molecule has 0 aromatic heterocycles. The van der Waals surface area contributed by atoms with E-state index in [0.29, 0.717) is 24.6 Å². The topological polar surface area (TPSA) is 62.1 Å². The van der Waals surface area contributed by atoms with Crippen LogP contribution in [0.5, 0.6) is 5.75 Å². The Bertz CT molecular complexity index is 446. The molecule has 1 rings (SSSR count). The van der Waals surface area contributed by atoms with E-state index in [4.69, 9.17) is 10.00 Å². The van der Waals surface area contributed by atoms with E-state index in [0.717, 1.165) is 5.56 Å². The van der Waals surface area contributed by atoms with E-state index < -0.39 is 6.10 Å². The van der Waals surface area contributed by atoms with Gasteiger partial charge in [0.1, 0.15) is 5.75 Å². The van der Waals surface area contributed by atoms with Crippen molar-refractivity contribution in [2.75, 3.05) is 6.54 Å². The van der Waals surface area contributed by atoms with Gasteiger partial charge in [0.2, 0.25) is 0 Å². The maximum absolute atomic E-state index is 11.7. The minimum Gasteiger partial charge on any atom is -0.481 e. The summed E-state index contributed by atoms with van der Waals surface area (Å²) in [5.41, 5.74) is 0.937. The van der Waals surface area contributed by atoms with Crippen LogP contribution in [0.4, 0.5) is 0 Å². The van der Waals surface area contributed by atoms with Crippen LogP contribution in [0.25, 0.3) is 0 Å². The van der Waals surface area contributed by atoms with Gasteiger partial charge in [0, 0.05) is 6.54 Å². The van der Waals surface area contributed by atoms with Gasteiger partial charge in [-0.2, -0.15) is 5.26 Å². The van der Waals surface area contributed by atoms with Gasteiger partial charge in [0.15, 0.2) is 6.10 Å². The second-order valence-electron chi connectivity index (χ2n) is 4.88. The van der Waals surface area contributed by atoms with Gasteiger partial charge in [0.25, 0.3) is 5.91 Å². The summed E-state index contributed by atoms with van der Waals surface area (Å²) in [4.78, 5) is 11.7. The first kappa shape index (κ1) is 15.0. The Morgan fingerprint density at radius 1 is 1.32 bits per heavy atom. The number of hydrogen-bond donors (Lipinski definition) is 1. The average molecular weight is 260 g/mol. The SMILES string of the molecule is CC(C)CNC(=O)C(C)Oc1ccc(CC#N)cc1. The van der Waals surface area contributed by atoms with E-state index in [1.165, 1.54) is 0 Å². The highest BCUT2D eigenvalue weighted by Crippen LogP contribution is 2.14. The Morgan fingerprint density at radius 2 is 1.95 bits per heavy atom. The van der Waals surface area contributed by atoms with Crippen LogP contribution in [-0.2, 0) is 11.2 Å². The van der Waals surface area contributed by atoms with Gasteiger partial charge < -0.3 is 10.1 Å². The Balaban J connectivity index is 2.49. The van der Waals surface area contributed by atoms with Gasteiger partial charge in [-0.15, -0.1) is 0 Å². The van der Waals surface area contributed by atoms with Crippen LogP contribution < -0.4 is 10.1 Å². The summed E-state index contributed by atoms with van der Waals surface area (Å²) < 4.78 is 5.55. The zero-order valence-corrected chi connectivity index (χ0v) is 11.6. The lowest BCUT2D eigenvalue weighted by Gasteiger charge is -2.15. The van der Waals surface area contributed by atoms with Crippen LogP contribution >= 0.6 is 0 Å². The molecule has 4 nitrogen and oxygen atoms in total. The molecule has 1 unspecified atom stereocenters. The first-order chi connectivity index (χ1) is 9.02. The molecule has 1 aromatic carbocycles. The molecular formula is C15H20N2O2. The van der Waals surface area contributed by atoms with Crippen molar-refractivity contribution in [2.45, 2.75) is 33.3 Å². The Labute approximate surface area is 114 Å². The number of nitrogens with zero attached hydrogens (tertiary/aromatic N) is 1. The zero-order valence-electron chi connectivity index (χ0n) is 11.6. The second-order valence-corrected chi connectivity index (χ2v) is 4.88. The molecule has 4 heteroatoms. The maximum Gasteiger partial charge on any atom is 0.260 e. The van der Waals surface area contributed by atoms with Gasteiger partial charge in [-0.1, -0.05) is 26.0 Å². The van der Waals surface area contributed by atoms with Crippen LogP contribution in [0.3, 0.4) is 0 Å². The number of nitriles is 1. The number of carbonyl (C=O) groups excluding carboxylic acids is 1. The molecule has 0 spiro atoms. The highest BCUT2D eigenvalue weighted by Gasteiger charge is 2.14. The van der Waals surface area contributed by atoms with Crippen molar-refractivity contribution in [3.63, 3.8) is 0 Å². The fourth-order valence-electron chi connectivity index (χ4n) is 1.48. The lowest BCUT2D eigenvalue weighted by atomic mass is 10.1. The summed E-state index contributed by atoms with van der Waals surface area (Å²) in [6.07, 6.45) is -0.148. The monoisotopic (exact) mass is 260 g/mol. The Hall–Kier alpha value is -2.02. The number of amides is 1. The standard InChI is InChI=1S/C15H20N2O2/c1-11(2)10-17-15(18)12(3)19-14-6-4-13(5-7-14)8-9-16/h4-7,11-12H,8,10H2,1-3H3,(H,17,18). The molecule has 102 valence electrons. The van der Waals surface area contributed by atoms with E-state index in [9.17, 15) is 4.79 Å². The summed E-state index contributed by atoms with van der Waals surface area (Å²) in [6, 6.07) is 9.30. The first-order valence-electron chi connectivity index (χ1n) is 6.43. The fourth-order valence-corrected chi connectivity index (χ4v) is 1.48. The van der Waals surface area contributed by atoms with Crippen LogP contribution in [-0.4, -0.2) is 18.6 Å². The van der Waals surface area contributed by atoms with Crippen LogP contribution in [0.1, 0.15) is 26.3 Å². The van der Waals surface area contributed by atoms with Crippen molar-refractivity contribution in [1.29, 1.82) is 5.26 Å². The molecule has 1 aromatic rings. The molecule has 1 atom stereocenters. The van der Waals surface area contributed by atoms with Gasteiger partial charge >= 0.3 is 0 Å². The Kier molecular flexibility index (Phi) is 5.87. The van der Waals surface area contributed by atoms with Gasteiger partial charge in [-0.3, -0.25) is 4.79 Å². The fraction of sp³-hybridized carbons (Fsp3) is 0.467. The third-order valence-corrected chi connectivity index (χ3v) is 2.57. The smallest absolute Gasteiger partial charge is 0.260 e. The molecule has 0 aliphatic carbocycles. The molecule has 0 saturated heterocycles. The zero-order chi connectivity index (χ0) is 14.3. The van der Waals surface area contributed by atoms with Crippen molar-refractivity contribution < 1.29 is 9.53 Å². The molecule has 1 amide bonds. The number of carbonyl (C=O) groups is 1. The Morgan fingerprint density at radius 3 is 2.47 bits per heavy atom. The van der Waals surface area contributed by atoms with Gasteiger partial charge in [0.05, 0.1) is 12.5 Å². The molecular weight excluding hydrogens is 240 g/mol. The van der Waals surface area contributed by atoms with Gasteiger partial charge in [-0.05, 0) is 30.5 Å². The minimum absolute atomic E-state index is 0.116. The van der Waals surface area contributed by atoms with Gasteiger partial charge in [-0.25, -0.2) is 0 Å². The predicted molar refractivity (Wildman–Crippen MR) is 73.7 cm³/mol. The molecule has 0 radical (unpaired) electrons. The van der Waals surface area contributed by atoms with Crippen LogP contribution in [0.15, 0.2) is 24.3 Å². The van der Waals surface area contributed by atoms with Crippen molar-refractivity contribution in [1.82, 2.24) is 5.32 Å². The quantitative estimate of drug-likeness (QED) is 0.853. The molecule has 0 aliphatic rings. The summed E-state index contributed by atoms with van der Waals surface area (Å²) in [5, 5.41) is 11.4. The van der Waals surface area contributed by atoms with Crippen molar-refractivity contribution in [3.05, 3.63) is 29.8 Å². The van der Waals surface area contributed by atoms with E-state index in [1.807, 2.05) is 26.0 Å². The molecule has 0 fully saturated rings. The number of ether oxygens (including phenoxy) is 1. The van der Waals surface area contributed by atoms with Crippen LogP contribution in [0.2, 0.25) is 0 Å².